The van der Waals surface area contributed by atoms with Crippen LogP contribution >= 0.6 is 0 Å². The van der Waals surface area contributed by atoms with Crippen LogP contribution in [0.3, 0.4) is 0 Å². The summed E-state index contributed by atoms with van der Waals surface area (Å²) < 4.78 is 0. The van der Waals surface area contributed by atoms with Crippen LogP contribution in [0.4, 0.5) is 0 Å². The van der Waals surface area contributed by atoms with Gasteiger partial charge in [0.1, 0.15) is 0 Å². The molecular weight excluding hydrogens is 430 g/mol. The first-order valence-corrected chi connectivity index (χ1v) is 15.7. The van der Waals surface area contributed by atoms with Gasteiger partial charge < -0.3 is 16.1 Å². The standard InChI is InChI=1S/C32H64O2.H3N/c1-5-7-9-11-13-15-17-18-19-20-22-24-26-28-30(3)32(4,31(33)34)29-27-25-23-21-16-14-12-10-8-6-2;/h30H,5-29H2,1-4H3,(H,33,34);1H3. The molecule has 0 aliphatic heterocycles. The number of quaternary nitrogens is 1. The molecule has 212 valence electrons. The summed E-state index contributed by atoms with van der Waals surface area (Å²) >= 11 is 0. The average Bonchev–Trinajstić information content (AvgIpc) is 2.82. The van der Waals surface area contributed by atoms with E-state index in [0.29, 0.717) is 0 Å². The number of unbranched alkanes of at least 4 members (excludes halogenated alkanes) is 21. The fourth-order valence-electron chi connectivity index (χ4n) is 5.32. The van der Waals surface area contributed by atoms with Gasteiger partial charge >= 0.3 is 0 Å². The van der Waals surface area contributed by atoms with Crippen molar-refractivity contribution in [3.8, 4) is 0 Å². The van der Waals surface area contributed by atoms with Crippen LogP contribution in [0.1, 0.15) is 188 Å². The van der Waals surface area contributed by atoms with Crippen LogP contribution in [0.25, 0.3) is 0 Å². The van der Waals surface area contributed by atoms with Crippen molar-refractivity contribution >= 4 is 5.97 Å². The minimum absolute atomic E-state index is 0. The predicted molar refractivity (Wildman–Crippen MR) is 155 cm³/mol. The minimum Gasteiger partial charge on any atom is -0.550 e. The van der Waals surface area contributed by atoms with E-state index in [9.17, 15) is 9.90 Å². The monoisotopic (exact) mass is 498 g/mol. The second-order valence-electron chi connectivity index (χ2n) is 11.6. The predicted octanol–water partition coefficient (Wildman–Crippen LogP) is 10.5. The maximum atomic E-state index is 12.0. The van der Waals surface area contributed by atoms with Crippen LogP contribution in [0, 0.1) is 11.3 Å². The van der Waals surface area contributed by atoms with Crippen molar-refractivity contribution in [2.45, 2.75) is 188 Å². The van der Waals surface area contributed by atoms with E-state index >= 15 is 0 Å². The van der Waals surface area contributed by atoms with E-state index in [0.717, 1.165) is 19.3 Å². The Hall–Kier alpha value is -0.570. The lowest BCUT2D eigenvalue weighted by Crippen LogP contribution is -2.44. The van der Waals surface area contributed by atoms with Gasteiger partial charge in [0.05, 0.1) is 0 Å². The van der Waals surface area contributed by atoms with Crippen LogP contribution < -0.4 is 11.3 Å². The molecule has 0 aromatic heterocycles. The summed E-state index contributed by atoms with van der Waals surface area (Å²) in [4.78, 5) is 12.0. The first kappa shape index (κ1) is 36.6. The first-order valence-electron chi connectivity index (χ1n) is 15.7. The molecule has 0 aliphatic rings. The Balaban J connectivity index is 0. The van der Waals surface area contributed by atoms with Crippen molar-refractivity contribution in [1.29, 1.82) is 0 Å². The molecule has 3 heteroatoms. The number of carboxylic acids is 1. The zero-order chi connectivity index (χ0) is 25.3. The highest BCUT2D eigenvalue weighted by molar-refractivity contribution is 5.72. The SMILES string of the molecule is CCCCCCCCCCCCCCCC(C)C(C)(CCCCCCCCCCCC)C(=O)[O-].[NH4+]. The summed E-state index contributed by atoms with van der Waals surface area (Å²) in [5.74, 6) is -0.616. The van der Waals surface area contributed by atoms with Crippen molar-refractivity contribution in [2.75, 3.05) is 0 Å². The fourth-order valence-corrected chi connectivity index (χ4v) is 5.32. The number of aliphatic carboxylic acids is 1. The second-order valence-corrected chi connectivity index (χ2v) is 11.6. The smallest absolute Gasteiger partial charge is 0.0476 e. The summed E-state index contributed by atoms with van der Waals surface area (Å²) in [6.45, 7) is 8.64. The number of hydrogen-bond acceptors (Lipinski definition) is 2. The summed E-state index contributed by atoms with van der Waals surface area (Å²) in [6.07, 6.45) is 32.4. The van der Waals surface area contributed by atoms with E-state index in [1.807, 2.05) is 6.92 Å². The van der Waals surface area contributed by atoms with Gasteiger partial charge in [-0.2, -0.15) is 0 Å². The third kappa shape index (κ3) is 21.2. The third-order valence-electron chi connectivity index (χ3n) is 8.34. The van der Waals surface area contributed by atoms with E-state index in [4.69, 9.17) is 0 Å². The molecule has 0 fully saturated rings. The minimum atomic E-state index is -0.828. The molecule has 4 N–H and O–H groups in total. The molecule has 0 heterocycles. The van der Waals surface area contributed by atoms with Gasteiger partial charge in [0, 0.05) is 11.4 Å². The van der Waals surface area contributed by atoms with E-state index in [1.54, 1.807) is 0 Å². The number of carboxylic acid groups (broad SMARTS) is 1. The molecule has 0 amide bonds. The van der Waals surface area contributed by atoms with Crippen LogP contribution in [-0.4, -0.2) is 5.97 Å². The molecule has 0 aromatic carbocycles. The Kier molecular flexibility index (Phi) is 27.7. The van der Waals surface area contributed by atoms with E-state index in [-0.39, 0.29) is 12.1 Å². The van der Waals surface area contributed by atoms with Gasteiger partial charge in [0.25, 0.3) is 0 Å². The Morgan fingerprint density at radius 2 is 0.857 bits per heavy atom. The molecule has 0 rings (SSSR count). The van der Waals surface area contributed by atoms with Crippen LogP contribution in [0.2, 0.25) is 0 Å². The van der Waals surface area contributed by atoms with Gasteiger partial charge in [-0.1, -0.05) is 175 Å². The Morgan fingerprint density at radius 1 is 0.571 bits per heavy atom. The van der Waals surface area contributed by atoms with Crippen molar-refractivity contribution in [3.63, 3.8) is 0 Å². The maximum absolute atomic E-state index is 12.0. The number of rotatable bonds is 27. The largest absolute Gasteiger partial charge is 0.550 e. The molecule has 0 aromatic rings. The molecular formula is C32H67NO2. The zero-order valence-corrected chi connectivity index (χ0v) is 25.1. The molecule has 0 bridgehead atoms. The van der Waals surface area contributed by atoms with Gasteiger partial charge in [-0.3, -0.25) is 0 Å². The van der Waals surface area contributed by atoms with Crippen molar-refractivity contribution in [1.82, 2.24) is 6.15 Å². The zero-order valence-electron chi connectivity index (χ0n) is 25.1. The molecule has 2 atom stereocenters. The number of carbonyl (C=O) groups excluding carboxylic acids is 1. The number of carbonyl (C=O) groups is 1. The van der Waals surface area contributed by atoms with Gasteiger partial charge in [0.2, 0.25) is 0 Å². The highest BCUT2D eigenvalue weighted by atomic mass is 16.4. The highest BCUT2D eigenvalue weighted by Crippen LogP contribution is 2.36. The van der Waals surface area contributed by atoms with E-state index in [1.165, 1.54) is 141 Å². The lowest BCUT2D eigenvalue weighted by atomic mass is 9.72. The fraction of sp³-hybridized carbons (Fsp3) is 0.969. The molecule has 0 aliphatic carbocycles. The maximum Gasteiger partial charge on any atom is 0.0476 e. The Labute approximate surface area is 221 Å². The molecule has 2 unspecified atom stereocenters. The molecule has 3 nitrogen and oxygen atoms in total. The Bertz CT molecular complexity index is 439. The van der Waals surface area contributed by atoms with Crippen LogP contribution in [-0.2, 0) is 4.79 Å². The summed E-state index contributed by atoms with van der Waals surface area (Å²) in [5.41, 5.74) is -0.655. The quantitative estimate of drug-likeness (QED) is 0.115. The van der Waals surface area contributed by atoms with Crippen molar-refractivity contribution in [3.05, 3.63) is 0 Å². The van der Waals surface area contributed by atoms with Gasteiger partial charge in [0.15, 0.2) is 0 Å². The third-order valence-corrected chi connectivity index (χ3v) is 8.34. The summed E-state index contributed by atoms with van der Waals surface area (Å²) in [7, 11) is 0. The van der Waals surface area contributed by atoms with Crippen LogP contribution in [0.15, 0.2) is 0 Å². The molecule has 0 saturated carbocycles. The lowest BCUT2D eigenvalue weighted by molar-refractivity contribution is -0.321. The highest BCUT2D eigenvalue weighted by Gasteiger charge is 2.31. The normalized spacial score (nSPS) is 13.8. The van der Waals surface area contributed by atoms with E-state index < -0.39 is 11.4 Å². The molecule has 0 radical (unpaired) electrons. The lowest BCUT2D eigenvalue weighted by Gasteiger charge is -2.37. The first-order chi connectivity index (χ1) is 16.5. The van der Waals surface area contributed by atoms with Crippen molar-refractivity contribution < 1.29 is 9.90 Å². The Morgan fingerprint density at radius 3 is 1.17 bits per heavy atom. The molecule has 35 heavy (non-hydrogen) atoms. The van der Waals surface area contributed by atoms with Gasteiger partial charge in [-0.15, -0.1) is 0 Å². The van der Waals surface area contributed by atoms with Crippen LogP contribution in [0.5, 0.6) is 0 Å². The number of hydrogen-bond donors (Lipinski definition) is 1. The van der Waals surface area contributed by atoms with Crippen molar-refractivity contribution in [2.24, 2.45) is 11.3 Å². The average molecular weight is 498 g/mol. The van der Waals surface area contributed by atoms with Gasteiger partial charge in [-0.25, -0.2) is 0 Å². The summed E-state index contributed by atoms with van der Waals surface area (Å²) in [6, 6.07) is 0. The summed E-state index contributed by atoms with van der Waals surface area (Å²) in [5, 5.41) is 12.0. The molecule has 0 spiro atoms. The second kappa shape index (κ2) is 26.5. The molecule has 0 saturated heterocycles. The van der Waals surface area contributed by atoms with E-state index in [2.05, 4.69) is 20.8 Å². The topological polar surface area (TPSA) is 76.6 Å². The van der Waals surface area contributed by atoms with Gasteiger partial charge in [-0.05, 0) is 18.8 Å².